The Hall–Kier alpha value is -3.31. The largest absolute Gasteiger partial charge is 0.493 e. The molecule has 32 heavy (non-hydrogen) atoms. The molecule has 0 aromatic heterocycles. The van der Waals surface area contributed by atoms with Crippen LogP contribution < -0.4 is 10.1 Å². The third-order valence-corrected chi connectivity index (χ3v) is 7.42. The molecule has 3 heterocycles. The van der Waals surface area contributed by atoms with Gasteiger partial charge >= 0.3 is 0 Å². The number of hydrogen-bond acceptors (Lipinski definition) is 3. The van der Waals surface area contributed by atoms with Crippen molar-refractivity contribution in [3.63, 3.8) is 0 Å². The second kappa shape index (κ2) is 6.84. The van der Waals surface area contributed by atoms with Crippen molar-refractivity contribution in [1.29, 1.82) is 0 Å². The van der Waals surface area contributed by atoms with E-state index in [2.05, 4.69) is 5.32 Å². The van der Waals surface area contributed by atoms with Crippen molar-refractivity contribution >= 4 is 29.1 Å². The van der Waals surface area contributed by atoms with Crippen LogP contribution in [0.5, 0.6) is 5.75 Å². The third kappa shape index (κ3) is 2.51. The van der Waals surface area contributed by atoms with Gasteiger partial charge in [0, 0.05) is 22.4 Å². The minimum atomic E-state index is -1.11. The van der Waals surface area contributed by atoms with Gasteiger partial charge in [0.2, 0.25) is 0 Å². The van der Waals surface area contributed by atoms with Gasteiger partial charge in [0.15, 0.2) is 0 Å². The van der Waals surface area contributed by atoms with E-state index in [0.29, 0.717) is 22.9 Å². The number of ether oxygens (including phenoxy) is 1. The summed E-state index contributed by atoms with van der Waals surface area (Å²) in [7, 11) is 0. The first-order valence-electron chi connectivity index (χ1n) is 10.7. The predicted octanol–water partition coefficient (Wildman–Crippen LogP) is 5.04. The summed E-state index contributed by atoms with van der Waals surface area (Å²) in [5, 5.41) is 3.48. The molecule has 0 radical (unpaired) electrons. The highest BCUT2D eigenvalue weighted by Gasteiger charge is 2.65. The Morgan fingerprint density at radius 3 is 2.59 bits per heavy atom. The molecule has 0 spiro atoms. The maximum atomic E-state index is 14.1. The number of anilines is 1. The van der Waals surface area contributed by atoms with Crippen molar-refractivity contribution in [2.24, 2.45) is 5.92 Å². The number of benzene rings is 3. The summed E-state index contributed by atoms with van der Waals surface area (Å²) in [5.74, 6) is 0.0606. The van der Waals surface area contributed by atoms with Crippen molar-refractivity contribution in [3.05, 3.63) is 94.5 Å². The molecular weight excluding hydrogens is 424 g/mol. The lowest BCUT2D eigenvalue weighted by atomic mass is 9.73. The Morgan fingerprint density at radius 2 is 1.78 bits per heavy atom. The van der Waals surface area contributed by atoms with Crippen LogP contribution in [0.1, 0.15) is 40.4 Å². The van der Waals surface area contributed by atoms with E-state index in [4.69, 9.17) is 16.3 Å². The first kappa shape index (κ1) is 19.4. The average Bonchev–Trinajstić information content (AvgIpc) is 3.05. The van der Waals surface area contributed by atoms with Crippen molar-refractivity contribution < 1.29 is 14.3 Å². The quantitative estimate of drug-likeness (QED) is 0.572. The first-order chi connectivity index (χ1) is 15.5. The number of nitrogens with zero attached hydrogens (tertiary/aromatic N) is 1. The van der Waals surface area contributed by atoms with E-state index in [0.717, 1.165) is 16.9 Å². The summed E-state index contributed by atoms with van der Waals surface area (Å²) in [6.07, 6.45) is 0. The summed E-state index contributed by atoms with van der Waals surface area (Å²) >= 11 is 6.19. The van der Waals surface area contributed by atoms with Crippen LogP contribution in [0.25, 0.3) is 0 Å². The van der Waals surface area contributed by atoms with E-state index in [9.17, 15) is 9.59 Å². The van der Waals surface area contributed by atoms with Gasteiger partial charge in [0.05, 0.1) is 23.9 Å². The van der Waals surface area contributed by atoms with Crippen molar-refractivity contribution in [2.75, 3.05) is 11.9 Å². The summed E-state index contributed by atoms with van der Waals surface area (Å²) < 4.78 is 6.14. The third-order valence-electron chi connectivity index (χ3n) is 7.18. The molecule has 0 saturated carbocycles. The molecule has 4 atom stereocenters. The molecule has 0 aliphatic carbocycles. The number of rotatable bonds is 1. The number of carbonyl (C=O) groups excluding carboxylic acids is 2. The fourth-order valence-electron chi connectivity index (χ4n) is 5.83. The predicted molar refractivity (Wildman–Crippen MR) is 122 cm³/mol. The number of fused-ring (bicyclic) bond motifs is 6. The molecule has 3 aromatic rings. The molecule has 6 rings (SSSR count). The van der Waals surface area contributed by atoms with E-state index in [-0.39, 0.29) is 29.7 Å². The zero-order valence-corrected chi connectivity index (χ0v) is 18.2. The molecule has 6 heteroatoms. The van der Waals surface area contributed by atoms with Gasteiger partial charge in [0.1, 0.15) is 11.3 Å². The van der Waals surface area contributed by atoms with E-state index in [1.165, 1.54) is 0 Å². The number of carbonyl (C=O) groups is 2. The lowest BCUT2D eigenvalue weighted by Crippen LogP contribution is -2.54. The molecule has 5 nitrogen and oxygen atoms in total. The molecule has 3 aliphatic rings. The lowest BCUT2D eigenvalue weighted by Gasteiger charge is -2.38. The van der Waals surface area contributed by atoms with Crippen LogP contribution in [-0.2, 0) is 4.79 Å². The maximum absolute atomic E-state index is 14.1. The number of hydrogen-bond donors (Lipinski definition) is 1. The Labute approximate surface area is 190 Å². The summed E-state index contributed by atoms with van der Waals surface area (Å²) in [4.78, 5) is 29.8. The minimum Gasteiger partial charge on any atom is -0.493 e. The van der Waals surface area contributed by atoms with E-state index in [1.807, 2.05) is 61.5 Å². The van der Waals surface area contributed by atoms with Crippen molar-refractivity contribution in [2.45, 2.75) is 24.4 Å². The Morgan fingerprint density at radius 1 is 1.03 bits per heavy atom. The van der Waals surface area contributed by atoms with Gasteiger partial charge < -0.3 is 15.0 Å². The standard InChI is InChI=1S/C26H21ClN2O3/c1-26-22(15-7-3-2-4-8-15)19-14-32-21-10-6-5-9-18(21)23(19)29(26)24(30)17-12-11-16(27)13-20(17)28-25(26)31/h2-13,19,22-23H,14H2,1H3,(H,28,31)/t19-,22+,23+,26-/m1/s1. The van der Waals surface area contributed by atoms with Crippen LogP contribution in [0.4, 0.5) is 5.69 Å². The topological polar surface area (TPSA) is 58.6 Å². The second-order valence-electron chi connectivity index (χ2n) is 8.81. The van der Waals surface area contributed by atoms with Gasteiger partial charge in [-0.2, -0.15) is 0 Å². The first-order valence-corrected chi connectivity index (χ1v) is 11.1. The molecular formula is C26H21ClN2O3. The highest BCUT2D eigenvalue weighted by atomic mass is 35.5. The fourth-order valence-corrected chi connectivity index (χ4v) is 6.01. The summed E-state index contributed by atoms with van der Waals surface area (Å²) in [6.45, 7) is 2.31. The van der Waals surface area contributed by atoms with Crippen LogP contribution in [0.2, 0.25) is 5.02 Å². The van der Waals surface area contributed by atoms with Gasteiger partial charge in [-0.15, -0.1) is 0 Å². The normalized spacial score (nSPS) is 27.9. The molecule has 1 saturated heterocycles. The van der Waals surface area contributed by atoms with Crippen molar-refractivity contribution in [3.8, 4) is 5.75 Å². The number of amides is 2. The lowest BCUT2D eigenvalue weighted by molar-refractivity contribution is -0.125. The Balaban J connectivity index is 1.63. The molecule has 0 bridgehead atoms. The molecule has 1 fully saturated rings. The van der Waals surface area contributed by atoms with Gasteiger partial charge in [-0.1, -0.05) is 60.1 Å². The smallest absolute Gasteiger partial charge is 0.257 e. The zero-order valence-electron chi connectivity index (χ0n) is 17.4. The summed E-state index contributed by atoms with van der Waals surface area (Å²) in [6, 6.07) is 22.5. The van der Waals surface area contributed by atoms with Gasteiger partial charge in [-0.3, -0.25) is 9.59 Å². The molecule has 160 valence electrons. The molecule has 1 N–H and O–H groups in total. The molecule has 3 aromatic carbocycles. The highest BCUT2D eigenvalue weighted by molar-refractivity contribution is 6.31. The molecule has 2 amide bonds. The highest BCUT2D eigenvalue weighted by Crippen LogP contribution is 2.59. The van der Waals surface area contributed by atoms with Crippen LogP contribution in [0, 0.1) is 5.92 Å². The van der Waals surface area contributed by atoms with Gasteiger partial charge in [-0.25, -0.2) is 0 Å². The van der Waals surface area contributed by atoms with Crippen LogP contribution >= 0.6 is 11.6 Å². The SMILES string of the molecule is C[C@@]12C(=O)Nc3cc(Cl)ccc3C(=O)N1[C@H]1c3ccccc3OC[C@@H]1[C@@H]2c1ccccc1. The van der Waals surface area contributed by atoms with Gasteiger partial charge in [0.25, 0.3) is 11.8 Å². The number of nitrogens with one attached hydrogen (secondary N) is 1. The Bertz CT molecular complexity index is 1260. The van der Waals surface area contributed by atoms with E-state index >= 15 is 0 Å². The van der Waals surface area contributed by atoms with Crippen LogP contribution in [-0.4, -0.2) is 28.9 Å². The van der Waals surface area contributed by atoms with Crippen LogP contribution in [0.15, 0.2) is 72.8 Å². The van der Waals surface area contributed by atoms with Crippen LogP contribution in [0.3, 0.4) is 0 Å². The van der Waals surface area contributed by atoms with E-state index in [1.54, 1.807) is 23.1 Å². The average molecular weight is 445 g/mol. The number of para-hydroxylation sites is 1. The fraction of sp³-hybridized carbons (Fsp3) is 0.231. The zero-order chi connectivity index (χ0) is 22.0. The van der Waals surface area contributed by atoms with E-state index < -0.39 is 5.54 Å². The molecule has 0 unspecified atom stereocenters. The second-order valence-corrected chi connectivity index (χ2v) is 9.25. The summed E-state index contributed by atoms with van der Waals surface area (Å²) in [5.41, 5.74) is 1.74. The molecule has 3 aliphatic heterocycles. The monoisotopic (exact) mass is 444 g/mol. The Kier molecular flexibility index (Phi) is 4.14. The number of halogens is 1. The van der Waals surface area contributed by atoms with Gasteiger partial charge in [-0.05, 0) is 36.8 Å². The van der Waals surface area contributed by atoms with Crippen molar-refractivity contribution in [1.82, 2.24) is 4.90 Å². The maximum Gasteiger partial charge on any atom is 0.257 e. The minimum absolute atomic E-state index is 0.0687.